The summed E-state index contributed by atoms with van der Waals surface area (Å²) in [5, 5.41) is 0. The normalized spacial score (nSPS) is 42.6. The highest BCUT2D eigenvalue weighted by atomic mass is 19.2. The lowest BCUT2D eigenvalue weighted by Gasteiger charge is -2.26. The second kappa shape index (κ2) is 3.03. The van der Waals surface area contributed by atoms with E-state index in [2.05, 4.69) is 0 Å². The first kappa shape index (κ1) is 9.48. The number of alkyl halides is 4. The standard InChI is InChI=1S/C7H7F5/c8-3-7(12)1-4(9)6(11)5(10)2-7/h1,5-6H,2-3H2/t5-,6+,7?/m0/s1. The van der Waals surface area contributed by atoms with E-state index in [0.717, 1.165) is 0 Å². The van der Waals surface area contributed by atoms with Gasteiger partial charge in [-0.2, -0.15) is 0 Å². The summed E-state index contributed by atoms with van der Waals surface area (Å²) in [4.78, 5) is 0. The maximum Gasteiger partial charge on any atom is 0.182 e. The summed E-state index contributed by atoms with van der Waals surface area (Å²) in [7, 11) is 0. The van der Waals surface area contributed by atoms with Gasteiger partial charge in [-0.1, -0.05) is 0 Å². The second-order valence-corrected chi connectivity index (χ2v) is 2.82. The van der Waals surface area contributed by atoms with Crippen LogP contribution in [-0.2, 0) is 0 Å². The van der Waals surface area contributed by atoms with Gasteiger partial charge < -0.3 is 0 Å². The lowest BCUT2D eigenvalue weighted by Crippen LogP contribution is -2.37. The van der Waals surface area contributed by atoms with Crippen molar-refractivity contribution >= 4 is 0 Å². The Bertz CT molecular complexity index is 202. The fourth-order valence-electron chi connectivity index (χ4n) is 1.08. The Hall–Kier alpha value is -0.610. The summed E-state index contributed by atoms with van der Waals surface area (Å²) < 4.78 is 61.9. The first-order valence-corrected chi connectivity index (χ1v) is 3.40. The molecule has 0 N–H and O–H groups in total. The topological polar surface area (TPSA) is 0 Å². The number of hydrogen-bond acceptors (Lipinski definition) is 0. The monoisotopic (exact) mass is 186 g/mol. The highest BCUT2D eigenvalue weighted by molar-refractivity contribution is 5.17. The van der Waals surface area contributed by atoms with Gasteiger partial charge in [0, 0.05) is 6.42 Å². The Kier molecular flexibility index (Phi) is 2.39. The summed E-state index contributed by atoms with van der Waals surface area (Å²) in [5.74, 6) is -1.56. The third kappa shape index (κ3) is 1.59. The highest BCUT2D eigenvalue weighted by Gasteiger charge is 2.42. The van der Waals surface area contributed by atoms with Crippen LogP contribution in [0.3, 0.4) is 0 Å². The molecule has 0 aromatic carbocycles. The van der Waals surface area contributed by atoms with Crippen LogP contribution < -0.4 is 0 Å². The average molecular weight is 186 g/mol. The average Bonchev–Trinajstić information content (AvgIpc) is 2.00. The molecule has 0 fully saturated rings. The molecule has 70 valence electrons. The number of allylic oxidation sites excluding steroid dienone is 2. The molecule has 0 heterocycles. The molecule has 1 unspecified atom stereocenters. The summed E-state index contributed by atoms with van der Waals surface area (Å²) >= 11 is 0. The van der Waals surface area contributed by atoms with Crippen LogP contribution in [0.2, 0.25) is 0 Å². The molecule has 0 radical (unpaired) electrons. The van der Waals surface area contributed by atoms with Crippen molar-refractivity contribution < 1.29 is 22.0 Å². The van der Waals surface area contributed by atoms with Gasteiger partial charge in [-0.25, -0.2) is 22.0 Å². The Morgan fingerprint density at radius 3 is 2.50 bits per heavy atom. The van der Waals surface area contributed by atoms with Crippen molar-refractivity contribution in [2.75, 3.05) is 6.67 Å². The van der Waals surface area contributed by atoms with Crippen molar-refractivity contribution in [2.24, 2.45) is 0 Å². The van der Waals surface area contributed by atoms with Gasteiger partial charge in [0.2, 0.25) is 0 Å². The van der Waals surface area contributed by atoms with E-state index in [0.29, 0.717) is 0 Å². The van der Waals surface area contributed by atoms with E-state index in [1.165, 1.54) is 0 Å². The van der Waals surface area contributed by atoms with Crippen LogP contribution in [0.25, 0.3) is 0 Å². The predicted molar refractivity (Wildman–Crippen MR) is 33.4 cm³/mol. The Morgan fingerprint density at radius 2 is 2.08 bits per heavy atom. The summed E-state index contributed by atoms with van der Waals surface area (Å²) in [5.41, 5.74) is -2.67. The van der Waals surface area contributed by atoms with E-state index in [4.69, 9.17) is 0 Å². The summed E-state index contributed by atoms with van der Waals surface area (Å²) in [6.07, 6.45) is -5.53. The molecule has 0 aromatic heterocycles. The molecule has 0 nitrogen and oxygen atoms in total. The van der Waals surface area contributed by atoms with Gasteiger partial charge in [0.1, 0.15) is 18.7 Å². The zero-order valence-corrected chi connectivity index (χ0v) is 6.04. The zero-order valence-electron chi connectivity index (χ0n) is 6.04. The van der Waals surface area contributed by atoms with Crippen LogP contribution in [0.1, 0.15) is 6.42 Å². The largest absolute Gasteiger partial charge is 0.247 e. The van der Waals surface area contributed by atoms with Gasteiger partial charge in [-0.05, 0) is 6.08 Å². The lowest BCUT2D eigenvalue weighted by atomic mass is 9.91. The Morgan fingerprint density at radius 1 is 1.50 bits per heavy atom. The quantitative estimate of drug-likeness (QED) is 0.552. The first-order chi connectivity index (χ1) is 5.48. The maximum absolute atomic E-state index is 12.9. The van der Waals surface area contributed by atoms with Crippen LogP contribution in [0.15, 0.2) is 11.9 Å². The first-order valence-electron chi connectivity index (χ1n) is 3.40. The SMILES string of the molecule is FCC1(F)C=C(F)[C@@H](F)[C@@H](F)C1. The van der Waals surface area contributed by atoms with Gasteiger partial charge in [0.15, 0.2) is 11.8 Å². The van der Waals surface area contributed by atoms with E-state index in [-0.39, 0.29) is 6.08 Å². The van der Waals surface area contributed by atoms with E-state index in [1.807, 2.05) is 0 Å². The Balaban J connectivity index is 2.87. The van der Waals surface area contributed by atoms with Gasteiger partial charge >= 0.3 is 0 Å². The van der Waals surface area contributed by atoms with Crippen LogP contribution in [0.4, 0.5) is 22.0 Å². The molecule has 1 rings (SSSR count). The molecular formula is C7H7F5. The third-order valence-corrected chi connectivity index (χ3v) is 1.73. The maximum atomic E-state index is 12.9. The van der Waals surface area contributed by atoms with E-state index in [9.17, 15) is 22.0 Å². The number of hydrogen-bond donors (Lipinski definition) is 0. The predicted octanol–water partition coefficient (Wildman–Crippen LogP) is 2.60. The van der Waals surface area contributed by atoms with Gasteiger partial charge in [0.25, 0.3) is 0 Å². The molecular weight excluding hydrogens is 179 g/mol. The zero-order chi connectivity index (χ0) is 9.35. The number of rotatable bonds is 1. The molecule has 3 atom stereocenters. The molecule has 5 heteroatoms. The molecule has 0 saturated heterocycles. The minimum atomic E-state index is -2.67. The highest BCUT2D eigenvalue weighted by Crippen LogP contribution is 2.34. The second-order valence-electron chi connectivity index (χ2n) is 2.82. The molecule has 0 spiro atoms. The smallest absolute Gasteiger partial charge is 0.182 e. The number of halogens is 5. The van der Waals surface area contributed by atoms with Crippen LogP contribution in [0.5, 0.6) is 0 Å². The minimum absolute atomic E-state index is 0.174. The fourth-order valence-corrected chi connectivity index (χ4v) is 1.08. The Labute approximate surface area is 66.1 Å². The molecule has 0 aromatic rings. The third-order valence-electron chi connectivity index (χ3n) is 1.73. The van der Waals surface area contributed by atoms with Crippen LogP contribution in [-0.4, -0.2) is 24.7 Å². The van der Waals surface area contributed by atoms with Crippen LogP contribution in [0, 0.1) is 0 Å². The van der Waals surface area contributed by atoms with Gasteiger partial charge in [-0.3, -0.25) is 0 Å². The van der Waals surface area contributed by atoms with Crippen molar-refractivity contribution in [1.82, 2.24) is 0 Å². The lowest BCUT2D eigenvalue weighted by molar-refractivity contribution is 0.0601. The summed E-state index contributed by atoms with van der Waals surface area (Å²) in [6.45, 7) is -1.53. The molecule has 1 aliphatic rings. The van der Waals surface area contributed by atoms with Crippen molar-refractivity contribution in [1.29, 1.82) is 0 Å². The molecule has 1 aliphatic carbocycles. The molecule has 12 heavy (non-hydrogen) atoms. The van der Waals surface area contributed by atoms with Gasteiger partial charge in [-0.15, -0.1) is 0 Å². The minimum Gasteiger partial charge on any atom is -0.247 e. The fraction of sp³-hybridized carbons (Fsp3) is 0.714. The van der Waals surface area contributed by atoms with E-state index >= 15 is 0 Å². The van der Waals surface area contributed by atoms with E-state index < -0.39 is 36.9 Å². The van der Waals surface area contributed by atoms with Crippen molar-refractivity contribution in [3.63, 3.8) is 0 Å². The molecule has 0 saturated carbocycles. The van der Waals surface area contributed by atoms with Crippen molar-refractivity contribution in [3.05, 3.63) is 11.9 Å². The van der Waals surface area contributed by atoms with Crippen molar-refractivity contribution in [3.8, 4) is 0 Å². The van der Waals surface area contributed by atoms with Crippen LogP contribution >= 0.6 is 0 Å². The molecule has 0 amide bonds. The van der Waals surface area contributed by atoms with Gasteiger partial charge in [0.05, 0.1) is 0 Å². The summed E-state index contributed by atoms with van der Waals surface area (Å²) in [6, 6.07) is 0. The van der Waals surface area contributed by atoms with E-state index in [1.54, 1.807) is 0 Å². The van der Waals surface area contributed by atoms with Crippen molar-refractivity contribution in [2.45, 2.75) is 24.4 Å². The molecule has 0 bridgehead atoms. The molecule has 0 aliphatic heterocycles.